The van der Waals surface area contributed by atoms with Crippen molar-refractivity contribution in [1.29, 1.82) is 0 Å². The Morgan fingerprint density at radius 3 is 2.56 bits per heavy atom. The first-order chi connectivity index (χ1) is 8.58. The van der Waals surface area contributed by atoms with Crippen molar-refractivity contribution in [3.8, 4) is 0 Å². The summed E-state index contributed by atoms with van der Waals surface area (Å²) in [4.78, 5) is 11.7. The summed E-state index contributed by atoms with van der Waals surface area (Å²) >= 11 is 0. The molecule has 1 saturated heterocycles. The second kappa shape index (κ2) is 5.36. The molecule has 7 heteroatoms. The fourth-order valence-corrected chi connectivity index (χ4v) is 1.59. The quantitative estimate of drug-likeness (QED) is 0.781. The maximum atomic E-state index is 12.9. The van der Waals surface area contributed by atoms with Gasteiger partial charge in [-0.25, -0.2) is 13.2 Å². The highest BCUT2D eigenvalue weighted by Gasteiger charge is 2.22. The predicted molar refractivity (Wildman–Crippen MR) is 57.6 cm³/mol. The summed E-state index contributed by atoms with van der Waals surface area (Å²) in [6.07, 6.45) is 0. The normalized spacial score (nSPS) is 19.6. The summed E-state index contributed by atoms with van der Waals surface area (Å²) in [6, 6.07) is 0.856. The number of carbonyl (C=O) groups excluding carboxylic acids is 1. The zero-order chi connectivity index (χ0) is 13.1. The zero-order valence-electron chi connectivity index (χ0n) is 9.30. The van der Waals surface area contributed by atoms with Crippen molar-refractivity contribution in [2.24, 2.45) is 0 Å². The molecule has 0 bridgehead atoms. The Hall–Kier alpha value is -1.60. The largest absolute Gasteiger partial charge is 0.378 e. The van der Waals surface area contributed by atoms with Gasteiger partial charge in [0.1, 0.15) is 6.04 Å². The van der Waals surface area contributed by atoms with Gasteiger partial charge in [0.25, 0.3) is 0 Å². The summed E-state index contributed by atoms with van der Waals surface area (Å²) < 4.78 is 43.6. The number of halogens is 3. The summed E-state index contributed by atoms with van der Waals surface area (Å²) in [7, 11) is 0. The number of ether oxygens (including phenoxy) is 1. The van der Waals surface area contributed by atoms with Crippen LogP contribution in [-0.2, 0) is 9.53 Å². The van der Waals surface area contributed by atoms with E-state index in [4.69, 9.17) is 4.74 Å². The van der Waals surface area contributed by atoms with Crippen LogP contribution in [0.1, 0.15) is 0 Å². The molecule has 0 saturated carbocycles. The highest BCUT2D eigenvalue weighted by atomic mass is 19.2. The van der Waals surface area contributed by atoms with Crippen LogP contribution in [-0.4, -0.2) is 31.7 Å². The maximum Gasteiger partial charge on any atom is 0.243 e. The van der Waals surface area contributed by atoms with Crippen LogP contribution in [0.25, 0.3) is 0 Å². The first-order valence-electron chi connectivity index (χ1n) is 5.34. The van der Waals surface area contributed by atoms with Gasteiger partial charge < -0.3 is 15.4 Å². The fraction of sp³-hybridized carbons (Fsp3) is 0.364. The molecule has 1 aliphatic heterocycles. The fourth-order valence-electron chi connectivity index (χ4n) is 1.59. The summed E-state index contributed by atoms with van der Waals surface area (Å²) in [5.74, 6) is -4.75. The number of hydrogen-bond acceptors (Lipinski definition) is 3. The number of amides is 1. The topological polar surface area (TPSA) is 50.4 Å². The molecule has 2 rings (SSSR count). The Bertz CT molecular complexity index is 439. The SMILES string of the molecule is O=C(Nc1cc(F)c(F)c(F)c1)C1COCCN1. The van der Waals surface area contributed by atoms with Gasteiger partial charge >= 0.3 is 0 Å². The number of hydrogen-bond donors (Lipinski definition) is 2. The summed E-state index contributed by atoms with van der Waals surface area (Å²) in [6.45, 7) is 1.20. The average molecular weight is 260 g/mol. The van der Waals surface area contributed by atoms with Crippen molar-refractivity contribution in [2.75, 3.05) is 25.1 Å². The first-order valence-corrected chi connectivity index (χ1v) is 5.34. The minimum absolute atomic E-state index is 0.135. The van der Waals surface area contributed by atoms with E-state index in [1.54, 1.807) is 0 Å². The van der Waals surface area contributed by atoms with Gasteiger partial charge in [-0.15, -0.1) is 0 Å². The number of morpholine rings is 1. The van der Waals surface area contributed by atoms with Gasteiger partial charge in [-0.05, 0) is 0 Å². The average Bonchev–Trinajstić information content (AvgIpc) is 2.37. The smallest absolute Gasteiger partial charge is 0.243 e. The molecule has 1 aliphatic rings. The maximum absolute atomic E-state index is 12.9. The van der Waals surface area contributed by atoms with Gasteiger partial charge in [0, 0.05) is 24.4 Å². The Balaban J connectivity index is 2.06. The van der Waals surface area contributed by atoms with E-state index in [1.807, 2.05) is 0 Å². The molecule has 0 radical (unpaired) electrons. The van der Waals surface area contributed by atoms with Crippen molar-refractivity contribution < 1.29 is 22.7 Å². The molecule has 4 nitrogen and oxygen atoms in total. The number of carbonyl (C=O) groups is 1. The van der Waals surface area contributed by atoms with Crippen molar-refractivity contribution in [3.63, 3.8) is 0 Å². The van der Waals surface area contributed by atoms with Crippen molar-refractivity contribution in [2.45, 2.75) is 6.04 Å². The van der Waals surface area contributed by atoms with E-state index in [0.717, 1.165) is 12.1 Å². The Kier molecular flexibility index (Phi) is 3.83. The van der Waals surface area contributed by atoms with E-state index in [-0.39, 0.29) is 12.3 Å². The Labute approximate surface area is 101 Å². The molecule has 1 aromatic carbocycles. The van der Waals surface area contributed by atoms with Crippen molar-refractivity contribution in [1.82, 2.24) is 5.32 Å². The molecule has 1 atom stereocenters. The van der Waals surface area contributed by atoms with Crippen LogP contribution in [0.3, 0.4) is 0 Å². The van der Waals surface area contributed by atoms with Crippen LogP contribution in [0, 0.1) is 17.5 Å². The van der Waals surface area contributed by atoms with Crippen LogP contribution in [0.2, 0.25) is 0 Å². The van der Waals surface area contributed by atoms with Gasteiger partial charge in [-0.1, -0.05) is 0 Å². The second-order valence-electron chi connectivity index (χ2n) is 3.82. The molecule has 2 N–H and O–H groups in total. The number of nitrogens with one attached hydrogen (secondary N) is 2. The van der Waals surface area contributed by atoms with Crippen LogP contribution >= 0.6 is 0 Å². The van der Waals surface area contributed by atoms with Gasteiger partial charge in [-0.3, -0.25) is 4.79 Å². The van der Waals surface area contributed by atoms with E-state index >= 15 is 0 Å². The number of benzene rings is 1. The van der Waals surface area contributed by atoms with Crippen LogP contribution in [0.4, 0.5) is 18.9 Å². The highest BCUT2D eigenvalue weighted by molar-refractivity contribution is 5.95. The third kappa shape index (κ3) is 2.80. The molecule has 18 heavy (non-hydrogen) atoms. The molecular weight excluding hydrogens is 249 g/mol. The lowest BCUT2D eigenvalue weighted by molar-refractivity contribution is -0.120. The van der Waals surface area contributed by atoms with E-state index in [9.17, 15) is 18.0 Å². The molecule has 0 spiro atoms. The predicted octanol–water partition coefficient (Wildman–Crippen LogP) is 1.03. The molecular formula is C11H11F3N2O2. The van der Waals surface area contributed by atoms with E-state index in [0.29, 0.717) is 13.2 Å². The van der Waals surface area contributed by atoms with Gasteiger partial charge in [0.2, 0.25) is 5.91 Å². The van der Waals surface area contributed by atoms with E-state index in [2.05, 4.69) is 10.6 Å². The van der Waals surface area contributed by atoms with Crippen molar-refractivity contribution in [3.05, 3.63) is 29.6 Å². The second-order valence-corrected chi connectivity index (χ2v) is 3.82. The van der Waals surface area contributed by atoms with Crippen LogP contribution in [0.5, 0.6) is 0 Å². The Morgan fingerprint density at radius 2 is 2.00 bits per heavy atom. The van der Waals surface area contributed by atoms with Gasteiger partial charge in [-0.2, -0.15) is 0 Å². The molecule has 0 aromatic heterocycles. The monoisotopic (exact) mass is 260 g/mol. The summed E-state index contributed by atoms with van der Waals surface area (Å²) in [5, 5.41) is 5.17. The Morgan fingerprint density at radius 1 is 1.33 bits per heavy atom. The number of rotatable bonds is 2. The van der Waals surface area contributed by atoms with E-state index < -0.39 is 29.4 Å². The highest BCUT2D eigenvalue weighted by Crippen LogP contribution is 2.17. The number of anilines is 1. The molecule has 0 aliphatic carbocycles. The lowest BCUT2D eigenvalue weighted by Gasteiger charge is -2.22. The third-order valence-electron chi connectivity index (χ3n) is 2.49. The van der Waals surface area contributed by atoms with Gasteiger partial charge in [0.15, 0.2) is 17.5 Å². The van der Waals surface area contributed by atoms with Gasteiger partial charge in [0.05, 0.1) is 13.2 Å². The molecule has 1 aromatic rings. The summed E-state index contributed by atoms with van der Waals surface area (Å²) in [5.41, 5.74) is -0.135. The molecule has 1 amide bonds. The lowest BCUT2D eigenvalue weighted by atomic mass is 10.2. The zero-order valence-corrected chi connectivity index (χ0v) is 9.30. The minimum atomic E-state index is -1.56. The first kappa shape index (κ1) is 12.8. The van der Waals surface area contributed by atoms with Crippen molar-refractivity contribution >= 4 is 11.6 Å². The standard InChI is InChI=1S/C11H11F3N2O2/c12-7-3-6(4-8(13)10(7)14)16-11(17)9-5-18-2-1-15-9/h3-4,9,15H,1-2,5H2,(H,16,17). The molecule has 98 valence electrons. The van der Waals surface area contributed by atoms with E-state index in [1.165, 1.54) is 0 Å². The molecule has 1 heterocycles. The lowest BCUT2D eigenvalue weighted by Crippen LogP contribution is -2.48. The molecule has 1 fully saturated rings. The third-order valence-corrected chi connectivity index (χ3v) is 2.49. The van der Waals surface area contributed by atoms with Crippen LogP contribution < -0.4 is 10.6 Å². The molecule has 1 unspecified atom stereocenters. The van der Waals surface area contributed by atoms with Crippen LogP contribution in [0.15, 0.2) is 12.1 Å². The minimum Gasteiger partial charge on any atom is -0.378 e.